The highest BCUT2D eigenvalue weighted by atomic mass is 35.5. The maximum absolute atomic E-state index is 6.48. The second-order valence-electron chi connectivity index (χ2n) is 7.55. The second kappa shape index (κ2) is 11.1. The summed E-state index contributed by atoms with van der Waals surface area (Å²) < 4.78 is 20.4. The average Bonchev–Trinajstić information content (AvgIpc) is 3.26. The SMILES string of the molecule is Clc1ccc(OC[C@H]2CCC[C@H](OC(Cn3ccnc3)c3ccc(Cl)cc3Cl)O2)c(Cl)c1. The molecule has 1 unspecified atom stereocenters. The summed E-state index contributed by atoms with van der Waals surface area (Å²) in [6.45, 7) is 0.915. The van der Waals surface area contributed by atoms with Gasteiger partial charge >= 0.3 is 0 Å². The highest BCUT2D eigenvalue weighted by Gasteiger charge is 2.28. The van der Waals surface area contributed by atoms with Crippen molar-refractivity contribution in [2.24, 2.45) is 0 Å². The fourth-order valence-electron chi connectivity index (χ4n) is 3.61. The number of hydrogen-bond donors (Lipinski definition) is 0. The molecule has 3 atom stereocenters. The summed E-state index contributed by atoms with van der Waals surface area (Å²) in [5, 5.41) is 2.16. The van der Waals surface area contributed by atoms with E-state index in [9.17, 15) is 0 Å². The van der Waals surface area contributed by atoms with Gasteiger partial charge in [0.2, 0.25) is 0 Å². The Kier molecular flexibility index (Phi) is 8.22. The molecule has 0 saturated carbocycles. The van der Waals surface area contributed by atoms with Crippen molar-refractivity contribution >= 4 is 46.4 Å². The van der Waals surface area contributed by atoms with Crippen LogP contribution in [0.5, 0.6) is 5.75 Å². The Labute approximate surface area is 207 Å². The van der Waals surface area contributed by atoms with E-state index in [0.717, 1.165) is 24.8 Å². The third-order valence-corrected chi connectivity index (χ3v) is 6.28. The molecule has 1 fully saturated rings. The first-order chi connectivity index (χ1) is 15.5. The molecule has 0 spiro atoms. The number of benzene rings is 2. The van der Waals surface area contributed by atoms with Crippen LogP contribution in [-0.4, -0.2) is 28.6 Å². The molecule has 0 aliphatic carbocycles. The number of aromatic nitrogens is 2. The molecule has 2 aromatic carbocycles. The molecule has 1 aliphatic heterocycles. The summed E-state index contributed by atoms with van der Waals surface area (Å²) in [6, 6.07) is 10.6. The molecule has 1 saturated heterocycles. The fraction of sp³-hybridized carbons (Fsp3) is 0.348. The quantitative estimate of drug-likeness (QED) is 0.317. The number of halogens is 4. The van der Waals surface area contributed by atoms with E-state index >= 15 is 0 Å². The predicted octanol–water partition coefficient (Wildman–Crippen LogP) is 7.23. The van der Waals surface area contributed by atoms with Crippen molar-refractivity contribution < 1.29 is 14.2 Å². The van der Waals surface area contributed by atoms with Gasteiger partial charge in [0.1, 0.15) is 18.5 Å². The van der Waals surface area contributed by atoms with Gasteiger partial charge in [-0.3, -0.25) is 0 Å². The van der Waals surface area contributed by atoms with Crippen LogP contribution < -0.4 is 4.74 Å². The molecule has 2 heterocycles. The van der Waals surface area contributed by atoms with Gasteiger partial charge in [-0.1, -0.05) is 52.5 Å². The Morgan fingerprint density at radius 2 is 1.81 bits per heavy atom. The van der Waals surface area contributed by atoms with Gasteiger partial charge in [0.15, 0.2) is 6.29 Å². The number of hydrogen-bond acceptors (Lipinski definition) is 4. The van der Waals surface area contributed by atoms with E-state index < -0.39 is 6.29 Å². The molecule has 0 amide bonds. The van der Waals surface area contributed by atoms with Gasteiger partial charge in [0.25, 0.3) is 0 Å². The van der Waals surface area contributed by atoms with Crippen molar-refractivity contribution in [3.05, 3.63) is 80.8 Å². The molecular formula is C23H22Cl4N2O3. The summed E-state index contributed by atoms with van der Waals surface area (Å²) in [7, 11) is 0. The van der Waals surface area contributed by atoms with Crippen LogP contribution >= 0.6 is 46.4 Å². The summed E-state index contributed by atoms with van der Waals surface area (Å²) in [4.78, 5) is 4.12. The molecule has 5 nitrogen and oxygen atoms in total. The topological polar surface area (TPSA) is 45.5 Å². The highest BCUT2D eigenvalue weighted by molar-refractivity contribution is 6.35. The van der Waals surface area contributed by atoms with Crippen molar-refractivity contribution in [1.82, 2.24) is 9.55 Å². The molecular weight excluding hydrogens is 494 g/mol. The Balaban J connectivity index is 1.42. The zero-order valence-corrected chi connectivity index (χ0v) is 20.1. The van der Waals surface area contributed by atoms with Crippen molar-refractivity contribution in [2.45, 2.75) is 44.3 Å². The van der Waals surface area contributed by atoms with E-state index in [-0.39, 0.29) is 12.2 Å². The van der Waals surface area contributed by atoms with Gasteiger partial charge < -0.3 is 18.8 Å². The lowest BCUT2D eigenvalue weighted by molar-refractivity contribution is -0.223. The lowest BCUT2D eigenvalue weighted by Gasteiger charge is -2.33. The zero-order valence-electron chi connectivity index (χ0n) is 17.1. The van der Waals surface area contributed by atoms with E-state index in [2.05, 4.69) is 4.98 Å². The molecule has 3 aromatic rings. The van der Waals surface area contributed by atoms with Crippen molar-refractivity contribution in [2.75, 3.05) is 6.61 Å². The van der Waals surface area contributed by atoms with Crippen molar-refractivity contribution in [3.63, 3.8) is 0 Å². The number of imidazole rings is 1. The van der Waals surface area contributed by atoms with Crippen LogP contribution in [0.4, 0.5) is 0 Å². The molecule has 170 valence electrons. The largest absolute Gasteiger partial charge is 0.489 e. The minimum absolute atomic E-state index is 0.116. The molecule has 0 N–H and O–H groups in total. The summed E-state index contributed by atoms with van der Waals surface area (Å²) >= 11 is 24.7. The highest BCUT2D eigenvalue weighted by Crippen LogP contribution is 2.33. The molecule has 32 heavy (non-hydrogen) atoms. The lowest BCUT2D eigenvalue weighted by Crippen LogP contribution is -2.35. The van der Waals surface area contributed by atoms with Crippen LogP contribution in [0.15, 0.2) is 55.1 Å². The van der Waals surface area contributed by atoms with Crippen LogP contribution in [0.25, 0.3) is 0 Å². The predicted molar refractivity (Wildman–Crippen MR) is 127 cm³/mol. The van der Waals surface area contributed by atoms with Gasteiger partial charge in [-0.2, -0.15) is 0 Å². The minimum Gasteiger partial charge on any atom is -0.489 e. The van der Waals surface area contributed by atoms with Gasteiger partial charge in [-0.15, -0.1) is 0 Å². The van der Waals surface area contributed by atoms with Crippen LogP contribution in [-0.2, 0) is 16.0 Å². The molecule has 1 aromatic heterocycles. The number of nitrogens with zero attached hydrogens (tertiary/aromatic N) is 2. The monoisotopic (exact) mass is 514 g/mol. The van der Waals surface area contributed by atoms with E-state index in [1.807, 2.05) is 16.8 Å². The maximum Gasteiger partial charge on any atom is 0.159 e. The summed E-state index contributed by atoms with van der Waals surface area (Å²) in [6.07, 6.45) is 7.13. The minimum atomic E-state index is -0.390. The van der Waals surface area contributed by atoms with Crippen LogP contribution in [0.3, 0.4) is 0 Å². The van der Waals surface area contributed by atoms with Crippen LogP contribution in [0.2, 0.25) is 20.1 Å². The first-order valence-corrected chi connectivity index (χ1v) is 11.8. The van der Waals surface area contributed by atoms with Gasteiger partial charge in [-0.25, -0.2) is 4.98 Å². The number of rotatable bonds is 8. The average molecular weight is 516 g/mol. The molecule has 0 radical (unpaired) electrons. The second-order valence-corrected chi connectivity index (χ2v) is 9.24. The third-order valence-electron chi connectivity index (χ3n) is 5.19. The Morgan fingerprint density at radius 1 is 1.03 bits per heavy atom. The first kappa shape index (κ1) is 23.7. The van der Waals surface area contributed by atoms with E-state index in [4.69, 9.17) is 60.6 Å². The first-order valence-electron chi connectivity index (χ1n) is 10.3. The van der Waals surface area contributed by atoms with Crippen LogP contribution in [0, 0.1) is 0 Å². The van der Waals surface area contributed by atoms with Crippen molar-refractivity contribution in [1.29, 1.82) is 0 Å². The molecule has 9 heteroatoms. The third kappa shape index (κ3) is 6.31. The zero-order chi connectivity index (χ0) is 22.5. The summed E-state index contributed by atoms with van der Waals surface area (Å²) in [5.74, 6) is 0.577. The molecule has 0 bridgehead atoms. The Morgan fingerprint density at radius 3 is 2.53 bits per heavy atom. The van der Waals surface area contributed by atoms with E-state index in [0.29, 0.717) is 39.0 Å². The van der Waals surface area contributed by atoms with Gasteiger partial charge in [0, 0.05) is 33.0 Å². The smallest absolute Gasteiger partial charge is 0.159 e. The number of ether oxygens (including phenoxy) is 3. The fourth-order valence-corrected chi connectivity index (χ4v) is 4.60. The van der Waals surface area contributed by atoms with Gasteiger partial charge in [-0.05, 0) is 49.6 Å². The normalized spacial score (nSPS) is 19.6. The maximum atomic E-state index is 6.48. The lowest BCUT2D eigenvalue weighted by atomic mass is 10.1. The Bertz CT molecular complexity index is 1030. The molecule has 4 rings (SSSR count). The standard InChI is InChI=1S/C23H22Cl4N2O3/c24-15-4-6-18(19(26)10-15)22(12-29-9-8-28-14-29)32-23-3-1-2-17(31-23)13-30-21-7-5-16(25)11-20(21)27/h4-11,14,17,22-23H,1-3,12-13H2/t17-,22?,23+/m1/s1. The molecule has 1 aliphatic rings. The van der Waals surface area contributed by atoms with Crippen molar-refractivity contribution in [3.8, 4) is 5.75 Å². The Hall–Kier alpha value is -1.47. The van der Waals surface area contributed by atoms with Crippen LogP contribution in [0.1, 0.15) is 30.9 Å². The summed E-state index contributed by atoms with van der Waals surface area (Å²) in [5.41, 5.74) is 0.847. The van der Waals surface area contributed by atoms with Gasteiger partial charge in [0.05, 0.1) is 24.0 Å². The van der Waals surface area contributed by atoms with E-state index in [1.165, 1.54) is 0 Å². The van der Waals surface area contributed by atoms with E-state index in [1.54, 1.807) is 42.9 Å².